The van der Waals surface area contributed by atoms with E-state index in [1.165, 1.54) is 5.56 Å². The van der Waals surface area contributed by atoms with Crippen molar-refractivity contribution in [3.05, 3.63) is 77.9 Å². The topological polar surface area (TPSA) is 3.24 Å². The molecule has 1 nitrogen and oxygen atoms in total. The van der Waals surface area contributed by atoms with E-state index in [9.17, 15) is 0 Å². The van der Waals surface area contributed by atoms with E-state index in [1.54, 1.807) is 0 Å². The Kier molecular flexibility index (Phi) is 5.70. The van der Waals surface area contributed by atoms with Gasteiger partial charge >= 0.3 is 0 Å². The second kappa shape index (κ2) is 7.75. The first-order chi connectivity index (χ1) is 10.2. The van der Waals surface area contributed by atoms with Crippen molar-refractivity contribution in [3.8, 4) is 0 Å². The van der Waals surface area contributed by atoms with Crippen LogP contribution >= 0.6 is 12.2 Å². The van der Waals surface area contributed by atoms with Crippen molar-refractivity contribution in [1.29, 1.82) is 0 Å². The van der Waals surface area contributed by atoms with Crippen LogP contribution < -0.4 is 0 Å². The molecule has 0 fully saturated rings. The third-order valence-electron chi connectivity index (χ3n) is 3.32. The second-order valence-electron chi connectivity index (χ2n) is 5.23. The first kappa shape index (κ1) is 15.5. The Bertz CT molecular complexity index is 587. The van der Waals surface area contributed by atoms with Crippen molar-refractivity contribution in [2.75, 3.05) is 6.54 Å². The van der Waals surface area contributed by atoms with Crippen molar-refractivity contribution in [3.63, 3.8) is 0 Å². The third-order valence-corrected chi connectivity index (χ3v) is 3.79. The molecule has 0 unspecified atom stereocenters. The van der Waals surface area contributed by atoms with Crippen LogP contribution in [-0.4, -0.2) is 22.5 Å². The van der Waals surface area contributed by atoms with Crippen LogP contribution in [0, 0.1) is 0 Å². The first-order valence-corrected chi connectivity index (χ1v) is 7.67. The van der Waals surface area contributed by atoms with Gasteiger partial charge in [0.25, 0.3) is 0 Å². The van der Waals surface area contributed by atoms with Crippen molar-refractivity contribution >= 4 is 23.3 Å². The number of benzene rings is 2. The van der Waals surface area contributed by atoms with Crippen LogP contribution in [0.4, 0.5) is 0 Å². The maximum atomic E-state index is 5.64. The summed E-state index contributed by atoms with van der Waals surface area (Å²) in [4.78, 5) is 3.15. The van der Waals surface area contributed by atoms with Gasteiger partial charge in [-0.25, -0.2) is 0 Å². The van der Waals surface area contributed by atoms with Crippen LogP contribution in [-0.2, 0) is 0 Å². The smallest absolute Gasteiger partial charge is 0.109 e. The molecule has 0 bridgehead atoms. The van der Waals surface area contributed by atoms with Crippen LogP contribution in [0.2, 0.25) is 0 Å². The summed E-state index contributed by atoms with van der Waals surface area (Å²) in [6.45, 7) is 5.16. The molecule has 0 amide bonds. The fourth-order valence-corrected chi connectivity index (χ4v) is 2.56. The molecule has 21 heavy (non-hydrogen) atoms. The molecule has 0 saturated carbocycles. The van der Waals surface area contributed by atoms with Gasteiger partial charge in [0.1, 0.15) is 4.99 Å². The maximum Gasteiger partial charge on any atom is 0.109 e. The highest BCUT2D eigenvalue weighted by molar-refractivity contribution is 7.80. The van der Waals surface area contributed by atoms with Gasteiger partial charge in [0.15, 0.2) is 0 Å². The zero-order valence-electron chi connectivity index (χ0n) is 12.6. The van der Waals surface area contributed by atoms with E-state index < -0.39 is 0 Å². The van der Waals surface area contributed by atoms with Gasteiger partial charge in [-0.3, -0.25) is 0 Å². The molecule has 0 saturated heterocycles. The minimum absolute atomic E-state index is 0.373. The molecular weight excluding hydrogens is 274 g/mol. The molecule has 0 heterocycles. The summed E-state index contributed by atoms with van der Waals surface area (Å²) < 4.78 is 0. The fraction of sp³-hybridized carbons (Fsp3) is 0.211. The average Bonchev–Trinajstić information content (AvgIpc) is 2.52. The van der Waals surface area contributed by atoms with Crippen molar-refractivity contribution in [2.45, 2.75) is 19.9 Å². The van der Waals surface area contributed by atoms with Gasteiger partial charge in [-0.2, -0.15) is 0 Å². The molecule has 0 atom stereocenters. The molecule has 0 spiro atoms. The van der Waals surface area contributed by atoms with Crippen LogP contribution in [0.15, 0.2) is 66.7 Å². The summed E-state index contributed by atoms with van der Waals surface area (Å²) in [6, 6.07) is 20.9. The lowest BCUT2D eigenvalue weighted by molar-refractivity contribution is 0.390. The molecule has 2 rings (SSSR count). The fourth-order valence-electron chi connectivity index (χ4n) is 2.14. The summed E-state index contributed by atoms with van der Waals surface area (Å²) in [5, 5.41) is 0. The van der Waals surface area contributed by atoms with E-state index in [-0.39, 0.29) is 0 Å². The summed E-state index contributed by atoms with van der Waals surface area (Å²) >= 11 is 5.64. The van der Waals surface area contributed by atoms with Gasteiger partial charge in [0.2, 0.25) is 0 Å². The lowest BCUT2D eigenvalue weighted by atomic mass is 10.1. The summed E-state index contributed by atoms with van der Waals surface area (Å²) in [5.41, 5.74) is 2.32. The predicted molar refractivity (Wildman–Crippen MR) is 95.5 cm³/mol. The lowest BCUT2D eigenvalue weighted by Gasteiger charge is -2.28. The van der Waals surface area contributed by atoms with Crippen molar-refractivity contribution in [2.24, 2.45) is 0 Å². The number of hydrogen-bond acceptors (Lipinski definition) is 1. The number of thiocarbonyl (C=S) groups is 1. The Labute approximate surface area is 132 Å². The highest BCUT2D eigenvalue weighted by Crippen LogP contribution is 2.10. The molecule has 0 aliphatic carbocycles. The molecule has 0 aliphatic rings. The van der Waals surface area contributed by atoms with Gasteiger partial charge in [-0.15, -0.1) is 0 Å². The van der Waals surface area contributed by atoms with E-state index >= 15 is 0 Å². The second-order valence-corrected chi connectivity index (χ2v) is 5.62. The van der Waals surface area contributed by atoms with Gasteiger partial charge in [-0.1, -0.05) is 85.0 Å². The molecule has 0 aromatic heterocycles. The van der Waals surface area contributed by atoms with Gasteiger partial charge < -0.3 is 4.90 Å². The van der Waals surface area contributed by atoms with Crippen LogP contribution in [0.1, 0.15) is 25.0 Å². The summed E-state index contributed by atoms with van der Waals surface area (Å²) in [6.07, 6.45) is 4.31. The van der Waals surface area contributed by atoms with Gasteiger partial charge in [0.05, 0.1) is 0 Å². The van der Waals surface area contributed by atoms with E-state index in [0.29, 0.717) is 6.04 Å². The SMILES string of the molecule is CC(C)N(C/C=C/c1ccccc1)C(=S)c1ccccc1. The Hall–Kier alpha value is -1.93. The molecule has 0 radical (unpaired) electrons. The molecule has 108 valence electrons. The summed E-state index contributed by atoms with van der Waals surface area (Å²) in [7, 11) is 0. The van der Waals surface area contributed by atoms with E-state index in [2.05, 4.69) is 67.3 Å². The van der Waals surface area contributed by atoms with E-state index in [4.69, 9.17) is 12.2 Å². The quantitative estimate of drug-likeness (QED) is 0.730. The van der Waals surface area contributed by atoms with E-state index in [1.807, 2.05) is 24.3 Å². The molecule has 2 aromatic carbocycles. The van der Waals surface area contributed by atoms with E-state index in [0.717, 1.165) is 17.1 Å². The first-order valence-electron chi connectivity index (χ1n) is 7.26. The molecule has 2 heteroatoms. The molecule has 2 aromatic rings. The van der Waals surface area contributed by atoms with Gasteiger partial charge in [0, 0.05) is 18.2 Å². The Morgan fingerprint density at radius 3 is 2.14 bits per heavy atom. The number of rotatable bonds is 5. The van der Waals surface area contributed by atoms with Crippen molar-refractivity contribution < 1.29 is 0 Å². The summed E-state index contributed by atoms with van der Waals surface area (Å²) in [5.74, 6) is 0. The Morgan fingerprint density at radius 1 is 1.00 bits per heavy atom. The zero-order chi connectivity index (χ0) is 15.1. The largest absolute Gasteiger partial charge is 0.356 e. The predicted octanol–water partition coefficient (Wildman–Crippen LogP) is 4.79. The number of nitrogens with zero attached hydrogens (tertiary/aromatic N) is 1. The lowest BCUT2D eigenvalue weighted by Crippen LogP contribution is -2.36. The Morgan fingerprint density at radius 2 is 1.57 bits per heavy atom. The van der Waals surface area contributed by atoms with Gasteiger partial charge in [-0.05, 0) is 19.4 Å². The highest BCUT2D eigenvalue weighted by atomic mass is 32.1. The minimum atomic E-state index is 0.373. The molecule has 0 aliphatic heterocycles. The average molecular weight is 295 g/mol. The van der Waals surface area contributed by atoms with Crippen molar-refractivity contribution in [1.82, 2.24) is 4.90 Å². The standard InChI is InChI=1S/C19H21NS/c1-16(2)20(19(21)18-13-7-4-8-14-18)15-9-12-17-10-5-3-6-11-17/h3-14,16H,15H2,1-2H3/b12-9+. The maximum absolute atomic E-state index is 5.64. The molecular formula is C19H21NS. The van der Waals surface area contributed by atoms with Crippen LogP contribution in [0.3, 0.4) is 0 Å². The minimum Gasteiger partial charge on any atom is -0.356 e. The zero-order valence-corrected chi connectivity index (χ0v) is 13.4. The molecule has 0 N–H and O–H groups in total. The van der Waals surface area contributed by atoms with Crippen LogP contribution in [0.5, 0.6) is 0 Å². The van der Waals surface area contributed by atoms with Crippen LogP contribution in [0.25, 0.3) is 6.08 Å². The third kappa shape index (κ3) is 4.54. The monoisotopic (exact) mass is 295 g/mol. The normalized spacial score (nSPS) is 11.0. The highest BCUT2D eigenvalue weighted by Gasteiger charge is 2.13. The number of hydrogen-bond donors (Lipinski definition) is 0. The Balaban J connectivity index is 2.06.